The van der Waals surface area contributed by atoms with E-state index in [1.165, 1.54) is 0 Å². The third-order valence-electron chi connectivity index (χ3n) is 5.17. The molecule has 1 saturated heterocycles. The molecule has 0 saturated carbocycles. The maximum atomic E-state index is 11.7. The van der Waals surface area contributed by atoms with Crippen molar-refractivity contribution in [1.82, 2.24) is 0 Å². The number of aliphatic hydroxyl groups excluding tert-OH is 1. The monoisotopic (exact) mass is 386 g/mol. The number of hydrogen-bond acceptors (Lipinski definition) is 7. The van der Waals surface area contributed by atoms with Crippen LogP contribution in [-0.2, 0) is 16.1 Å². The van der Waals surface area contributed by atoms with E-state index >= 15 is 0 Å². The van der Waals surface area contributed by atoms with Crippen LogP contribution in [-0.4, -0.2) is 51.7 Å². The van der Waals surface area contributed by atoms with E-state index in [0.717, 1.165) is 16.7 Å². The lowest BCUT2D eigenvalue weighted by Gasteiger charge is -2.39. The average molecular weight is 386 g/mol. The summed E-state index contributed by atoms with van der Waals surface area (Å²) in [5, 5.41) is 9.65. The van der Waals surface area contributed by atoms with Crippen LogP contribution in [0.5, 0.6) is 17.2 Å². The molecule has 0 aromatic heterocycles. The Labute approximate surface area is 162 Å². The molecule has 2 heterocycles. The van der Waals surface area contributed by atoms with Gasteiger partial charge in [0.15, 0.2) is 11.5 Å². The van der Waals surface area contributed by atoms with Crippen LogP contribution in [0.4, 0.5) is 0 Å². The molecule has 148 valence electrons. The fourth-order valence-corrected chi connectivity index (χ4v) is 3.41. The first-order valence-electron chi connectivity index (χ1n) is 8.97. The molecule has 0 spiro atoms. The van der Waals surface area contributed by atoms with Gasteiger partial charge in [0.05, 0.1) is 45.0 Å². The molecule has 2 aromatic rings. The molecule has 0 radical (unpaired) electrons. The number of fused-ring (bicyclic) bond motifs is 1. The molecule has 0 aliphatic carbocycles. The number of benzene rings is 2. The highest BCUT2D eigenvalue weighted by Crippen LogP contribution is 2.46. The van der Waals surface area contributed by atoms with Gasteiger partial charge in [0.1, 0.15) is 13.2 Å². The minimum Gasteiger partial charge on any atom is -0.493 e. The van der Waals surface area contributed by atoms with Gasteiger partial charge in [-0.2, -0.15) is 0 Å². The Kier molecular flexibility index (Phi) is 4.87. The Morgan fingerprint density at radius 3 is 2.50 bits per heavy atom. The summed E-state index contributed by atoms with van der Waals surface area (Å²) >= 11 is 0. The number of aliphatic hydroxyl groups is 1. The number of cyclic esters (lactones) is 1. The summed E-state index contributed by atoms with van der Waals surface area (Å²) in [4.78, 5) is 11.7. The Morgan fingerprint density at radius 2 is 1.86 bits per heavy atom. The SMILES string of the molecule is COc1ccc(-c2ccc3c(c2)COC3=O)c(OC)c1OCC1(CO)COC1. The Balaban J connectivity index is 1.71. The van der Waals surface area contributed by atoms with Gasteiger partial charge in [-0.25, -0.2) is 4.79 Å². The number of methoxy groups -OCH3 is 2. The fraction of sp³-hybridized carbons (Fsp3) is 0.381. The number of esters is 1. The van der Waals surface area contributed by atoms with Crippen molar-refractivity contribution >= 4 is 5.97 Å². The first-order chi connectivity index (χ1) is 13.6. The van der Waals surface area contributed by atoms with E-state index in [4.69, 9.17) is 23.7 Å². The molecule has 0 atom stereocenters. The normalized spacial score (nSPS) is 16.8. The van der Waals surface area contributed by atoms with Crippen molar-refractivity contribution in [3.63, 3.8) is 0 Å². The first kappa shape index (κ1) is 18.6. The second-order valence-corrected chi connectivity index (χ2v) is 7.07. The molecular formula is C21H22O7. The first-order valence-corrected chi connectivity index (χ1v) is 8.97. The Hall–Kier alpha value is -2.77. The molecule has 2 aliphatic rings. The molecule has 2 aliphatic heterocycles. The predicted octanol–water partition coefficient (Wildman–Crippen LogP) is 2.43. The maximum Gasteiger partial charge on any atom is 0.338 e. The highest BCUT2D eigenvalue weighted by atomic mass is 16.6. The van der Waals surface area contributed by atoms with Crippen LogP contribution >= 0.6 is 0 Å². The molecule has 0 unspecified atom stereocenters. The number of hydrogen-bond donors (Lipinski definition) is 1. The molecule has 7 nitrogen and oxygen atoms in total. The summed E-state index contributed by atoms with van der Waals surface area (Å²) in [7, 11) is 3.13. The predicted molar refractivity (Wildman–Crippen MR) is 99.9 cm³/mol. The molecule has 28 heavy (non-hydrogen) atoms. The zero-order valence-corrected chi connectivity index (χ0v) is 15.8. The topological polar surface area (TPSA) is 83.5 Å². The van der Waals surface area contributed by atoms with Crippen molar-refractivity contribution in [1.29, 1.82) is 0 Å². The number of ether oxygens (including phenoxy) is 5. The van der Waals surface area contributed by atoms with Crippen LogP contribution in [0.1, 0.15) is 15.9 Å². The highest BCUT2D eigenvalue weighted by Gasteiger charge is 2.39. The summed E-state index contributed by atoms with van der Waals surface area (Å²) in [6, 6.07) is 9.23. The van der Waals surface area contributed by atoms with Gasteiger partial charge in [-0.05, 0) is 29.8 Å². The van der Waals surface area contributed by atoms with Crippen molar-refractivity contribution in [2.75, 3.05) is 40.6 Å². The van der Waals surface area contributed by atoms with Crippen molar-refractivity contribution in [3.8, 4) is 28.4 Å². The lowest BCUT2D eigenvalue weighted by Crippen LogP contribution is -2.49. The molecule has 0 amide bonds. The van der Waals surface area contributed by atoms with E-state index in [9.17, 15) is 9.90 Å². The van der Waals surface area contributed by atoms with Crippen LogP contribution in [0.3, 0.4) is 0 Å². The van der Waals surface area contributed by atoms with Crippen molar-refractivity contribution < 1.29 is 33.6 Å². The number of carbonyl (C=O) groups excluding carboxylic acids is 1. The lowest BCUT2D eigenvalue weighted by molar-refractivity contribution is -0.153. The largest absolute Gasteiger partial charge is 0.493 e. The minimum atomic E-state index is -0.405. The second kappa shape index (κ2) is 7.33. The van der Waals surface area contributed by atoms with Gasteiger partial charge in [-0.15, -0.1) is 0 Å². The average Bonchev–Trinajstić information content (AvgIpc) is 3.07. The zero-order chi connectivity index (χ0) is 19.7. The van der Waals surface area contributed by atoms with E-state index in [2.05, 4.69) is 0 Å². The smallest absolute Gasteiger partial charge is 0.338 e. The highest BCUT2D eigenvalue weighted by molar-refractivity contribution is 5.94. The van der Waals surface area contributed by atoms with E-state index in [-0.39, 0.29) is 25.8 Å². The minimum absolute atomic E-state index is 0.0177. The summed E-state index contributed by atoms with van der Waals surface area (Å²) in [6.07, 6.45) is 0. The maximum absolute atomic E-state index is 11.7. The quantitative estimate of drug-likeness (QED) is 0.732. The second-order valence-electron chi connectivity index (χ2n) is 7.07. The summed E-state index contributed by atoms with van der Waals surface area (Å²) in [5.74, 6) is 1.23. The van der Waals surface area contributed by atoms with Gasteiger partial charge in [-0.3, -0.25) is 0 Å². The van der Waals surface area contributed by atoms with E-state index < -0.39 is 5.41 Å². The van der Waals surface area contributed by atoms with Crippen LogP contribution in [0.25, 0.3) is 11.1 Å². The third kappa shape index (κ3) is 3.06. The Bertz CT molecular complexity index is 896. The van der Waals surface area contributed by atoms with Gasteiger partial charge in [-0.1, -0.05) is 6.07 Å². The molecule has 4 rings (SSSR count). The standard InChI is InChI=1S/C21H22O7/c1-24-17-6-5-15(13-3-4-16-14(7-13)8-27-20(16)23)18(25-2)19(17)28-12-21(9-22)10-26-11-21/h3-7,22H,8-12H2,1-2H3. The summed E-state index contributed by atoms with van der Waals surface area (Å²) in [6.45, 7) is 1.44. The zero-order valence-electron chi connectivity index (χ0n) is 15.8. The summed E-state index contributed by atoms with van der Waals surface area (Å²) < 4.78 is 27.5. The molecule has 1 fully saturated rings. The van der Waals surface area contributed by atoms with Crippen LogP contribution in [0.2, 0.25) is 0 Å². The molecule has 2 aromatic carbocycles. The van der Waals surface area contributed by atoms with E-state index in [1.807, 2.05) is 24.3 Å². The van der Waals surface area contributed by atoms with Crippen LogP contribution in [0, 0.1) is 5.41 Å². The number of rotatable bonds is 7. The third-order valence-corrected chi connectivity index (χ3v) is 5.17. The fourth-order valence-electron chi connectivity index (χ4n) is 3.41. The lowest BCUT2D eigenvalue weighted by atomic mass is 9.88. The van der Waals surface area contributed by atoms with Gasteiger partial charge in [0, 0.05) is 11.1 Å². The van der Waals surface area contributed by atoms with Gasteiger partial charge >= 0.3 is 5.97 Å². The van der Waals surface area contributed by atoms with E-state index in [1.54, 1.807) is 20.3 Å². The van der Waals surface area contributed by atoms with Gasteiger partial charge < -0.3 is 28.8 Å². The van der Waals surface area contributed by atoms with Crippen molar-refractivity contribution in [2.24, 2.45) is 5.41 Å². The van der Waals surface area contributed by atoms with Crippen LogP contribution < -0.4 is 14.2 Å². The summed E-state index contributed by atoms with van der Waals surface area (Å²) in [5.41, 5.74) is 2.71. The molecule has 0 bridgehead atoms. The Morgan fingerprint density at radius 1 is 1.07 bits per heavy atom. The number of carbonyl (C=O) groups is 1. The van der Waals surface area contributed by atoms with E-state index in [0.29, 0.717) is 36.0 Å². The van der Waals surface area contributed by atoms with Crippen molar-refractivity contribution in [3.05, 3.63) is 41.5 Å². The van der Waals surface area contributed by atoms with Crippen LogP contribution in [0.15, 0.2) is 30.3 Å². The molecule has 1 N–H and O–H groups in total. The molecule has 7 heteroatoms. The van der Waals surface area contributed by atoms with Gasteiger partial charge in [0.2, 0.25) is 5.75 Å². The van der Waals surface area contributed by atoms with Gasteiger partial charge in [0.25, 0.3) is 0 Å². The van der Waals surface area contributed by atoms with Crippen molar-refractivity contribution in [2.45, 2.75) is 6.61 Å². The molecular weight excluding hydrogens is 364 g/mol.